The molecule has 0 aliphatic carbocycles. The molecule has 39 heavy (non-hydrogen) atoms. The van der Waals surface area contributed by atoms with Crippen molar-refractivity contribution in [2.24, 2.45) is 5.73 Å². The first-order chi connectivity index (χ1) is 18.5. The molecule has 0 aliphatic heterocycles. The molecule has 0 radical (unpaired) electrons. The minimum Gasteiger partial charge on any atom is -0.379 e. The lowest BCUT2D eigenvalue weighted by atomic mass is 10.0. The van der Waals surface area contributed by atoms with Gasteiger partial charge in [0, 0.05) is 70.4 Å². The molecular weight excluding hydrogens is 506 g/mol. The normalized spacial score (nSPS) is 10.6. The van der Waals surface area contributed by atoms with E-state index >= 15 is 0 Å². The van der Waals surface area contributed by atoms with Gasteiger partial charge in [-0.3, -0.25) is 24.0 Å². The molecule has 0 fully saturated rings. The summed E-state index contributed by atoms with van der Waals surface area (Å²) in [6.45, 7) is 14.0. The van der Waals surface area contributed by atoms with Gasteiger partial charge < -0.3 is 36.1 Å². The Morgan fingerprint density at radius 3 is 1.85 bits per heavy atom. The number of ether oxygens (including phenoxy) is 2. The summed E-state index contributed by atoms with van der Waals surface area (Å²) in [5, 5.41) is 8.44. The summed E-state index contributed by atoms with van der Waals surface area (Å²) in [6.07, 6.45) is 2.29. The number of nitrogens with zero attached hydrogens (tertiary/aromatic N) is 1. The van der Waals surface area contributed by atoms with Crippen molar-refractivity contribution in [1.29, 1.82) is 0 Å². The number of amides is 5. The molecule has 12 heteroatoms. The third kappa shape index (κ3) is 24.1. The lowest BCUT2D eigenvalue weighted by Crippen LogP contribution is -2.45. The van der Waals surface area contributed by atoms with Crippen molar-refractivity contribution in [2.45, 2.75) is 92.0 Å². The minimum atomic E-state index is -0.527. The molecule has 0 aromatic rings. The van der Waals surface area contributed by atoms with Crippen LogP contribution in [-0.2, 0) is 33.4 Å². The predicted octanol–water partition coefficient (Wildman–Crippen LogP) is 1.26. The maximum atomic E-state index is 12.8. The molecule has 0 rings (SSSR count). The van der Waals surface area contributed by atoms with E-state index in [0.717, 1.165) is 6.42 Å². The highest BCUT2D eigenvalue weighted by Crippen LogP contribution is 2.10. The lowest BCUT2D eigenvalue weighted by Gasteiger charge is -2.27. The zero-order valence-corrected chi connectivity index (χ0v) is 25.0. The smallest absolute Gasteiger partial charge is 0.223 e. The second-order valence-corrected chi connectivity index (χ2v) is 9.31. The Kier molecular flexibility index (Phi) is 24.0. The summed E-state index contributed by atoms with van der Waals surface area (Å²) < 4.78 is 10.7. The molecule has 12 nitrogen and oxygen atoms in total. The van der Waals surface area contributed by atoms with Crippen LogP contribution in [0.2, 0.25) is 0 Å². The molecule has 5 amide bonds. The van der Waals surface area contributed by atoms with E-state index < -0.39 is 11.4 Å². The Morgan fingerprint density at radius 2 is 1.31 bits per heavy atom. The van der Waals surface area contributed by atoms with Crippen LogP contribution in [0.15, 0.2) is 0 Å². The van der Waals surface area contributed by atoms with Crippen molar-refractivity contribution in [2.75, 3.05) is 52.6 Å². The molecule has 0 aromatic heterocycles. The SMILES string of the molecule is CC.CCCC(=O)NCCN(CCNC(=O)CC)C(=O)CCC(=O)NC(C)(C)CCOCCOCCC(N)=O. The third-order valence-electron chi connectivity index (χ3n) is 5.34. The quantitative estimate of drug-likeness (QED) is 0.145. The summed E-state index contributed by atoms with van der Waals surface area (Å²) in [5.74, 6) is -1.06. The maximum absolute atomic E-state index is 12.8. The zero-order chi connectivity index (χ0) is 30.1. The van der Waals surface area contributed by atoms with Gasteiger partial charge in [-0.15, -0.1) is 0 Å². The van der Waals surface area contributed by atoms with E-state index in [0.29, 0.717) is 65.3 Å². The fourth-order valence-corrected chi connectivity index (χ4v) is 3.17. The van der Waals surface area contributed by atoms with Crippen LogP contribution in [0.5, 0.6) is 0 Å². The van der Waals surface area contributed by atoms with Crippen LogP contribution in [0.25, 0.3) is 0 Å². The Hall–Kier alpha value is -2.73. The van der Waals surface area contributed by atoms with Gasteiger partial charge in [0.1, 0.15) is 0 Å². The number of nitrogens with one attached hydrogen (secondary N) is 3. The van der Waals surface area contributed by atoms with Gasteiger partial charge in [0.05, 0.1) is 19.8 Å². The molecule has 0 atom stereocenters. The second kappa shape index (κ2) is 24.3. The van der Waals surface area contributed by atoms with Gasteiger partial charge in [0.2, 0.25) is 29.5 Å². The lowest BCUT2D eigenvalue weighted by molar-refractivity contribution is -0.134. The molecule has 0 unspecified atom stereocenters. The van der Waals surface area contributed by atoms with Crippen molar-refractivity contribution in [1.82, 2.24) is 20.9 Å². The van der Waals surface area contributed by atoms with Gasteiger partial charge >= 0.3 is 0 Å². The van der Waals surface area contributed by atoms with Crippen LogP contribution >= 0.6 is 0 Å². The highest BCUT2D eigenvalue weighted by molar-refractivity contribution is 5.84. The van der Waals surface area contributed by atoms with Crippen molar-refractivity contribution < 1.29 is 33.4 Å². The molecule has 0 aromatic carbocycles. The first-order valence-corrected chi connectivity index (χ1v) is 14.1. The number of carbonyl (C=O) groups is 5. The van der Waals surface area contributed by atoms with Crippen LogP contribution in [0.4, 0.5) is 0 Å². The van der Waals surface area contributed by atoms with E-state index in [1.165, 1.54) is 0 Å². The number of nitrogens with two attached hydrogens (primary N) is 1. The van der Waals surface area contributed by atoms with Crippen LogP contribution in [0, 0.1) is 0 Å². The van der Waals surface area contributed by atoms with E-state index in [4.69, 9.17) is 15.2 Å². The molecule has 0 saturated carbocycles. The molecule has 5 N–H and O–H groups in total. The Labute approximate surface area is 234 Å². The molecule has 0 bridgehead atoms. The van der Waals surface area contributed by atoms with Gasteiger partial charge in [-0.05, 0) is 26.7 Å². The summed E-state index contributed by atoms with van der Waals surface area (Å²) >= 11 is 0. The van der Waals surface area contributed by atoms with Crippen LogP contribution in [0.1, 0.15) is 86.5 Å². The second-order valence-electron chi connectivity index (χ2n) is 9.31. The standard InChI is InChI=1S/C25H47N5O7.C2H6/c1-5-7-22(33)28-13-15-30(14-12-27-21(32)6-2)24(35)9-8-23(34)29-25(3,4)11-17-37-19-18-36-16-10-20(26)31;1-2/h5-19H2,1-4H3,(H2,26,31)(H,27,32)(H,28,33)(H,29,34);1-2H3. The average molecular weight is 560 g/mol. The molecule has 0 aliphatic rings. The van der Waals surface area contributed by atoms with E-state index in [2.05, 4.69) is 16.0 Å². The summed E-state index contributed by atoms with van der Waals surface area (Å²) in [6, 6.07) is 0. The maximum Gasteiger partial charge on any atom is 0.223 e. The minimum absolute atomic E-state index is 0.0195. The van der Waals surface area contributed by atoms with Crippen LogP contribution in [0.3, 0.4) is 0 Å². The van der Waals surface area contributed by atoms with Crippen LogP contribution in [-0.4, -0.2) is 92.6 Å². The predicted molar refractivity (Wildman–Crippen MR) is 151 cm³/mol. The number of hydrogen-bond acceptors (Lipinski definition) is 7. The van der Waals surface area contributed by atoms with E-state index in [1.54, 1.807) is 11.8 Å². The van der Waals surface area contributed by atoms with Crippen molar-refractivity contribution in [3.8, 4) is 0 Å². The average Bonchev–Trinajstić information content (AvgIpc) is 2.88. The van der Waals surface area contributed by atoms with Gasteiger partial charge in [-0.2, -0.15) is 0 Å². The Balaban J connectivity index is 0. The Bertz CT molecular complexity index is 717. The fraction of sp³-hybridized carbons (Fsp3) is 0.815. The van der Waals surface area contributed by atoms with E-state index in [-0.39, 0.29) is 49.5 Å². The first-order valence-electron chi connectivity index (χ1n) is 14.1. The molecule has 0 spiro atoms. The van der Waals surface area contributed by atoms with Crippen LogP contribution < -0.4 is 21.7 Å². The molecular formula is C27H53N5O7. The molecule has 0 saturated heterocycles. The highest BCUT2D eigenvalue weighted by Gasteiger charge is 2.22. The van der Waals surface area contributed by atoms with E-state index in [9.17, 15) is 24.0 Å². The number of hydrogen-bond donors (Lipinski definition) is 4. The van der Waals surface area contributed by atoms with Crippen molar-refractivity contribution >= 4 is 29.5 Å². The van der Waals surface area contributed by atoms with Crippen molar-refractivity contribution in [3.63, 3.8) is 0 Å². The fourth-order valence-electron chi connectivity index (χ4n) is 3.17. The zero-order valence-electron chi connectivity index (χ0n) is 25.0. The van der Waals surface area contributed by atoms with Gasteiger partial charge in [-0.25, -0.2) is 0 Å². The monoisotopic (exact) mass is 559 g/mol. The number of primary amides is 1. The Morgan fingerprint density at radius 1 is 0.744 bits per heavy atom. The summed E-state index contributed by atoms with van der Waals surface area (Å²) in [5.41, 5.74) is 4.51. The third-order valence-corrected chi connectivity index (χ3v) is 5.34. The summed E-state index contributed by atoms with van der Waals surface area (Å²) in [7, 11) is 0. The molecule has 0 heterocycles. The van der Waals surface area contributed by atoms with E-state index in [1.807, 2.05) is 34.6 Å². The van der Waals surface area contributed by atoms with Gasteiger partial charge in [0.15, 0.2) is 0 Å². The van der Waals surface area contributed by atoms with Gasteiger partial charge in [-0.1, -0.05) is 27.7 Å². The highest BCUT2D eigenvalue weighted by atomic mass is 16.5. The first kappa shape index (κ1) is 38.4. The number of rotatable bonds is 22. The summed E-state index contributed by atoms with van der Waals surface area (Å²) in [4.78, 5) is 60.7. The topological polar surface area (TPSA) is 169 Å². The van der Waals surface area contributed by atoms with Crippen molar-refractivity contribution in [3.05, 3.63) is 0 Å². The number of carbonyl (C=O) groups excluding carboxylic acids is 5. The molecule has 228 valence electrons. The largest absolute Gasteiger partial charge is 0.379 e. The van der Waals surface area contributed by atoms with Gasteiger partial charge in [0.25, 0.3) is 0 Å².